The molecule has 0 aliphatic heterocycles. The quantitative estimate of drug-likeness (QED) is 0.332. The van der Waals surface area contributed by atoms with Crippen LogP contribution in [0.4, 0.5) is 0 Å². The molecule has 0 bridgehead atoms. The summed E-state index contributed by atoms with van der Waals surface area (Å²) in [4.78, 5) is 27.9. The number of guanidine groups is 1. The Kier molecular flexibility index (Phi) is 4.30. The Morgan fingerprint density at radius 1 is 1.39 bits per heavy atom. The monoisotopic (exact) mass is 253 g/mol. The van der Waals surface area contributed by atoms with Gasteiger partial charge < -0.3 is 22.0 Å². The highest BCUT2D eigenvalue weighted by Gasteiger charge is 2.27. The molecule has 2 unspecified atom stereocenters. The Hall–Kier alpha value is -2.51. The van der Waals surface area contributed by atoms with Crippen LogP contribution < -0.4 is 22.8 Å². The van der Waals surface area contributed by atoms with Gasteiger partial charge in [-0.05, 0) is 18.1 Å². The Balaban J connectivity index is 3.04. The van der Waals surface area contributed by atoms with Gasteiger partial charge in [0.05, 0.1) is 0 Å². The molecule has 1 amide bonds. The third-order valence-corrected chi connectivity index (χ3v) is 2.21. The number of hydrogen-bond donors (Lipinski definition) is 3. The van der Waals surface area contributed by atoms with Crippen molar-refractivity contribution in [2.45, 2.75) is 19.1 Å². The molecule has 8 nitrogen and oxygen atoms in total. The first kappa shape index (κ1) is 13.6. The molecule has 1 aromatic rings. The van der Waals surface area contributed by atoms with Crippen molar-refractivity contribution < 1.29 is 9.63 Å². The largest absolute Gasteiger partial charge is 0.387 e. The van der Waals surface area contributed by atoms with Gasteiger partial charge in [0.2, 0.25) is 11.9 Å². The predicted molar refractivity (Wildman–Crippen MR) is 65.3 cm³/mol. The topological polar surface area (TPSA) is 139 Å². The van der Waals surface area contributed by atoms with Crippen molar-refractivity contribution in [3.05, 3.63) is 34.7 Å². The van der Waals surface area contributed by atoms with Gasteiger partial charge >= 0.3 is 0 Å². The number of rotatable bonds is 5. The summed E-state index contributed by atoms with van der Waals surface area (Å²) in [5.41, 5.74) is 15.1. The second kappa shape index (κ2) is 5.71. The van der Waals surface area contributed by atoms with Crippen LogP contribution in [0.2, 0.25) is 0 Å². The van der Waals surface area contributed by atoms with E-state index in [-0.39, 0.29) is 11.5 Å². The molecule has 1 aromatic heterocycles. The molecule has 0 saturated heterocycles. The van der Waals surface area contributed by atoms with Gasteiger partial charge in [-0.15, -0.1) is 0 Å². The van der Waals surface area contributed by atoms with Crippen LogP contribution in [-0.4, -0.2) is 22.5 Å². The third-order valence-electron chi connectivity index (χ3n) is 2.21. The van der Waals surface area contributed by atoms with Crippen LogP contribution in [0.1, 0.15) is 13.0 Å². The maximum atomic E-state index is 11.6. The number of aromatic nitrogens is 1. The minimum Gasteiger partial charge on any atom is -0.387 e. The summed E-state index contributed by atoms with van der Waals surface area (Å²) < 4.78 is 1.16. The SMILES string of the molecule is CC(ON=C(N)N)C(C(N)=O)n1ccccc1=O. The molecule has 8 heteroatoms. The molecule has 2 atom stereocenters. The van der Waals surface area contributed by atoms with Crippen LogP contribution in [0.5, 0.6) is 0 Å². The maximum absolute atomic E-state index is 11.6. The second-order valence-corrected chi connectivity index (χ2v) is 3.62. The van der Waals surface area contributed by atoms with Crippen molar-refractivity contribution in [2.24, 2.45) is 22.4 Å². The van der Waals surface area contributed by atoms with Crippen LogP contribution in [0, 0.1) is 0 Å². The molecule has 18 heavy (non-hydrogen) atoms. The fourth-order valence-corrected chi connectivity index (χ4v) is 1.47. The number of carbonyl (C=O) groups excluding carboxylic acids is 1. The Bertz CT molecular complexity index is 506. The molecular weight excluding hydrogens is 238 g/mol. The number of carbonyl (C=O) groups is 1. The van der Waals surface area contributed by atoms with E-state index in [1.807, 2.05) is 0 Å². The molecule has 1 rings (SSSR count). The molecule has 0 aromatic carbocycles. The first-order valence-electron chi connectivity index (χ1n) is 5.14. The molecule has 6 N–H and O–H groups in total. The zero-order valence-corrected chi connectivity index (χ0v) is 9.82. The molecule has 0 saturated carbocycles. The van der Waals surface area contributed by atoms with Gasteiger partial charge in [-0.2, -0.15) is 0 Å². The van der Waals surface area contributed by atoms with Gasteiger partial charge in [-0.1, -0.05) is 6.07 Å². The summed E-state index contributed by atoms with van der Waals surface area (Å²) in [5.74, 6) is -1.01. The standard InChI is InChI=1S/C10H15N5O3/c1-6(18-14-10(12)13)8(9(11)17)15-5-3-2-4-7(15)16/h2-6,8H,1H3,(H2,11,17)(H4,12,13,14). The number of nitrogens with zero attached hydrogens (tertiary/aromatic N) is 2. The third kappa shape index (κ3) is 3.24. The van der Waals surface area contributed by atoms with Gasteiger partial charge in [-0.3, -0.25) is 14.2 Å². The summed E-state index contributed by atoms with van der Waals surface area (Å²) in [5, 5.41) is 3.33. The lowest BCUT2D eigenvalue weighted by atomic mass is 10.1. The van der Waals surface area contributed by atoms with Crippen molar-refractivity contribution >= 4 is 11.9 Å². The van der Waals surface area contributed by atoms with Crippen molar-refractivity contribution in [3.63, 3.8) is 0 Å². The van der Waals surface area contributed by atoms with Gasteiger partial charge in [0.25, 0.3) is 5.56 Å². The fraction of sp³-hybridized carbons (Fsp3) is 0.300. The number of primary amides is 1. The van der Waals surface area contributed by atoms with Crippen molar-refractivity contribution in [3.8, 4) is 0 Å². The minimum absolute atomic E-state index is 0.287. The van der Waals surface area contributed by atoms with E-state index >= 15 is 0 Å². The minimum atomic E-state index is -0.998. The summed E-state index contributed by atoms with van der Waals surface area (Å²) >= 11 is 0. The van der Waals surface area contributed by atoms with Crippen molar-refractivity contribution in [1.82, 2.24) is 4.57 Å². The fourth-order valence-electron chi connectivity index (χ4n) is 1.47. The van der Waals surface area contributed by atoms with Crippen LogP contribution in [0.15, 0.2) is 34.3 Å². The van der Waals surface area contributed by atoms with E-state index in [1.54, 1.807) is 12.1 Å². The normalized spacial score (nSPS) is 13.4. The lowest BCUT2D eigenvalue weighted by Gasteiger charge is -2.21. The lowest BCUT2D eigenvalue weighted by Crippen LogP contribution is -2.40. The van der Waals surface area contributed by atoms with E-state index < -0.39 is 18.1 Å². The lowest BCUT2D eigenvalue weighted by molar-refractivity contribution is -0.125. The highest BCUT2D eigenvalue weighted by Crippen LogP contribution is 2.12. The number of oxime groups is 1. The van der Waals surface area contributed by atoms with Crippen LogP contribution >= 0.6 is 0 Å². The van der Waals surface area contributed by atoms with E-state index in [1.165, 1.54) is 19.2 Å². The molecule has 0 aliphatic carbocycles. The second-order valence-electron chi connectivity index (χ2n) is 3.62. The van der Waals surface area contributed by atoms with Crippen LogP contribution in [-0.2, 0) is 9.63 Å². The molecule has 0 spiro atoms. The zero-order valence-electron chi connectivity index (χ0n) is 9.82. The van der Waals surface area contributed by atoms with Gasteiger partial charge in [0, 0.05) is 12.3 Å². The van der Waals surface area contributed by atoms with E-state index in [9.17, 15) is 9.59 Å². The Labute approximate surface area is 103 Å². The Morgan fingerprint density at radius 2 is 2.06 bits per heavy atom. The Morgan fingerprint density at radius 3 is 2.56 bits per heavy atom. The average Bonchev–Trinajstić information content (AvgIpc) is 2.29. The number of nitrogens with two attached hydrogens (primary N) is 3. The summed E-state index contributed by atoms with van der Waals surface area (Å²) in [6.07, 6.45) is 0.650. The first-order valence-corrected chi connectivity index (χ1v) is 5.14. The molecule has 0 radical (unpaired) electrons. The van der Waals surface area contributed by atoms with Crippen molar-refractivity contribution in [2.75, 3.05) is 0 Å². The summed E-state index contributed by atoms with van der Waals surface area (Å²) in [6, 6.07) is 3.47. The number of pyridine rings is 1. The van der Waals surface area contributed by atoms with E-state index in [0.29, 0.717) is 0 Å². The van der Waals surface area contributed by atoms with Gasteiger partial charge in [0.1, 0.15) is 0 Å². The smallest absolute Gasteiger partial charge is 0.251 e. The summed E-state index contributed by atoms with van der Waals surface area (Å²) in [7, 11) is 0. The van der Waals surface area contributed by atoms with E-state index in [4.69, 9.17) is 22.0 Å². The molecule has 0 aliphatic rings. The molecular formula is C10H15N5O3. The van der Waals surface area contributed by atoms with E-state index in [0.717, 1.165) is 4.57 Å². The maximum Gasteiger partial charge on any atom is 0.251 e. The number of amides is 1. The molecule has 1 heterocycles. The van der Waals surface area contributed by atoms with Crippen molar-refractivity contribution in [1.29, 1.82) is 0 Å². The molecule has 98 valence electrons. The van der Waals surface area contributed by atoms with E-state index in [2.05, 4.69) is 5.16 Å². The highest BCUT2D eigenvalue weighted by molar-refractivity contribution is 5.79. The summed E-state index contributed by atoms with van der Waals surface area (Å²) in [6.45, 7) is 1.53. The van der Waals surface area contributed by atoms with Crippen LogP contribution in [0.25, 0.3) is 0 Å². The predicted octanol–water partition coefficient (Wildman–Crippen LogP) is -1.53. The zero-order chi connectivity index (χ0) is 13.7. The highest BCUT2D eigenvalue weighted by atomic mass is 16.6. The number of hydrogen-bond acceptors (Lipinski definition) is 4. The molecule has 0 fully saturated rings. The van der Waals surface area contributed by atoms with Crippen LogP contribution in [0.3, 0.4) is 0 Å². The first-order chi connectivity index (χ1) is 8.43. The van der Waals surface area contributed by atoms with Gasteiger partial charge in [0.15, 0.2) is 12.1 Å². The van der Waals surface area contributed by atoms with Gasteiger partial charge in [-0.25, -0.2) is 0 Å². The average molecular weight is 253 g/mol.